The topological polar surface area (TPSA) is 0 Å². The van der Waals surface area contributed by atoms with E-state index in [4.69, 9.17) is 0 Å². The van der Waals surface area contributed by atoms with Gasteiger partial charge in [0, 0.05) is 0 Å². The van der Waals surface area contributed by atoms with Crippen LogP contribution in [0.5, 0.6) is 0 Å². The van der Waals surface area contributed by atoms with Crippen molar-refractivity contribution in [3.8, 4) is 0 Å². The van der Waals surface area contributed by atoms with Crippen molar-refractivity contribution in [2.45, 2.75) is 0 Å². The average molecular weight is 389 g/mol. The first kappa shape index (κ1) is 12.2. The molecule has 0 amide bonds. The normalized spacial score (nSPS) is 9.87. The van der Waals surface area contributed by atoms with E-state index in [0.717, 1.165) is 0 Å². The van der Waals surface area contributed by atoms with Gasteiger partial charge in [-0.1, -0.05) is 72.8 Å². The van der Waals surface area contributed by atoms with Gasteiger partial charge in [0.1, 0.15) is 0 Å². The summed E-state index contributed by atoms with van der Waals surface area (Å²) < 4.78 is 0. The Kier molecular flexibility index (Phi) is 5.32. The molecule has 0 atom stereocenters. The molecule has 2 rings (SSSR count). The van der Waals surface area contributed by atoms with Crippen LogP contribution < -0.4 is 0 Å². The molecule has 0 saturated carbocycles. The van der Waals surface area contributed by atoms with E-state index in [1.165, 1.54) is 11.1 Å². The molecule has 0 nitrogen and oxygen atoms in total. The van der Waals surface area contributed by atoms with Crippen LogP contribution in [0, 0.1) is 0 Å². The van der Waals surface area contributed by atoms with Crippen LogP contribution in [0.4, 0.5) is 0 Å². The number of hydrogen-bond donors (Lipinski definition) is 0. The van der Waals surface area contributed by atoms with Gasteiger partial charge in [-0.05, 0) is 11.1 Å². The second-order valence-corrected chi connectivity index (χ2v) is 3.15. The molecule has 74 valence electrons. The summed E-state index contributed by atoms with van der Waals surface area (Å²) in [5.74, 6) is 0. The summed E-state index contributed by atoms with van der Waals surface area (Å²) in [6.45, 7) is 0. The molecule has 0 heterocycles. The molecule has 2 radical (unpaired) electrons. The Bertz CT molecular complexity index is 362. The van der Waals surface area contributed by atoms with E-state index in [0.29, 0.717) is 0 Å². The minimum atomic E-state index is 0. The van der Waals surface area contributed by atoms with E-state index in [1.54, 1.807) is 0 Å². The van der Waals surface area contributed by atoms with Gasteiger partial charge < -0.3 is 0 Å². The van der Waals surface area contributed by atoms with Gasteiger partial charge in [-0.25, -0.2) is 0 Å². The zero-order chi connectivity index (χ0) is 9.64. The molecule has 0 bridgehead atoms. The van der Waals surface area contributed by atoms with Crippen LogP contribution in [0.25, 0.3) is 12.2 Å². The Hall–Kier alpha value is -0.898. The summed E-state index contributed by atoms with van der Waals surface area (Å²) in [5.41, 5.74) is 2.47. The van der Waals surface area contributed by atoms with Crippen molar-refractivity contribution in [1.29, 1.82) is 0 Å². The van der Waals surface area contributed by atoms with Crippen LogP contribution in [0.1, 0.15) is 11.1 Å². The van der Waals surface area contributed by atoms with Crippen LogP contribution >= 0.6 is 0 Å². The Morgan fingerprint density at radius 1 is 0.533 bits per heavy atom. The molecule has 0 spiro atoms. The average Bonchev–Trinajstić information content (AvgIpc) is 2.29. The predicted octanol–water partition coefficient (Wildman–Crippen LogP) is 2.94. The van der Waals surface area contributed by atoms with E-state index < -0.39 is 0 Å². The van der Waals surface area contributed by atoms with Crippen LogP contribution in [0.2, 0.25) is 0 Å². The van der Waals surface area contributed by atoms with Crippen molar-refractivity contribution in [3.05, 3.63) is 71.8 Å². The molecule has 15 heavy (non-hydrogen) atoms. The quantitative estimate of drug-likeness (QED) is 0.547. The summed E-state index contributed by atoms with van der Waals surface area (Å²) in [4.78, 5) is 0. The van der Waals surface area contributed by atoms with Gasteiger partial charge in [-0.15, -0.1) is 0 Å². The van der Waals surface area contributed by atoms with Crippen LogP contribution in [-0.4, -0.2) is 27.3 Å². The molecule has 0 aliphatic heterocycles. The monoisotopic (exact) mass is 390 g/mol. The van der Waals surface area contributed by atoms with E-state index in [-0.39, 0.29) is 27.3 Å². The van der Waals surface area contributed by atoms with Crippen molar-refractivity contribution < 1.29 is 0 Å². The van der Waals surface area contributed by atoms with Gasteiger partial charge in [-0.3, -0.25) is 0 Å². The molecule has 1 heteroatoms. The first-order chi connectivity index (χ1) is 6.95. The Morgan fingerprint density at radius 3 is 1.20 bits per heavy atom. The van der Waals surface area contributed by atoms with Crippen LogP contribution in [0.3, 0.4) is 0 Å². The molecule has 0 aromatic heterocycles. The van der Waals surface area contributed by atoms with Gasteiger partial charge in [-0.2, -0.15) is 0 Å². The molecule has 0 aliphatic carbocycles. The molecule has 0 fully saturated rings. The Balaban J connectivity index is 0.00000112. The fourth-order valence-corrected chi connectivity index (χ4v) is 1.32. The van der Waals surface area contributed by atoms with Crippen molar-refractivity contribution in [1.82, 2.24) is 0 Å². The molecule has 0 unspecified atom stereocenters. The van der Waals surface area contributed by atoms with E-state index >= 15 is 0 Å². The van der Waals surface area contributed by atoms with Gasteiger partial charge in [0.25, 0.3) is 0 Å². The molecular formula is C14H14Pb. The van der Waals surface area contributed by atoms with Crippen molar-refractivity contribution in [3.63, 3.8) is 0 Å². The summed E-state index contributed by atoms with van der Waals surface area (Å²) in [6.07, 6.45) is 4.24. The third-order valence-electron chi connectivity index (χ3n) is 2.07. The zero-order valence-electron chi connectivity index (χ0n) is 8.64. The summed E-state index contributed by atoms with van der Waals surface area (Å²) in [6, 6.07) is 20.6. The molecule has 0 saturated heterocycles. The van der Waals surface area contributed by atoms with Gasteiger partial charge >= 0.3 is 27.3 Å². The zero-order valence-corrected chi connectivity index (χ0v) is 14.1. The van der Waals surface area contributed by atoms with E-state index in [2.05, 4.69) is 36.4 Å². The Labute approximate surface area is 111 Å². The van der Waals surface area contributed by atoms with E-state index in [9.17, 15) is 0 Å². The first-order valence-corrected chi connectivity index (χ1v) is 4.73. The number of hydrogen-bond acceptors (Lipinski definition) is 0. The molecular weight excluding hydrogens is 375 g/mol. The second kappa shape index (κ2) is 6.56. The molecule has 0 N–H and O–H groups in total. The standard InChI is InChI=1S/C14H12.Pb.2H/c1-3-7-13(8-4-1)11-12-14-9-5-2-6-10-14;;;/h1-12H;;;/b12-11+;;;. The maximum absolute atomic E-state index is 2.12. The van der Waals surface area contributed by atoms with Crippen molar-refractivity contribution in [2.75, 3.05) is 0 Å². The summed E-state index contributed by atoms with van der Waals surface area (Å²) >= 11 is 0. The molecule has 0 aliphatic rings. The molecule has 2 aromatic carbocycles. The van der Waals surface area contributed by atoms with Gasteiger partial charge in [0.2, 0.25) is 0 Å². The third-order valence-corrected chi connectivity index (χ3v) is 2.07. The van der Waals surface area contributed by atoms with Gasteiger partial charge in [0.05, 0.1) is 0 Å². The fourth-order valence-electron chi connectivity index (χ4n) is 1.32. The summed E-state index contributed by atoms with van der Waals surface area (Å²) in [7, 11) is 0. The van der Waals surface area contributed by atoms with Crippen LogP contribution in [-0.2, 0) is 0 Å². The van der Waals surface area contributed by atoms with E-state index in [1.807, 2.05) is 36.4 Å². The van der Waals surface area contributed by atoms with Crippen molar-refractivity contribution in [2.24, 2.45) is 0 Å². The first-order valence-electron chi connectivity index (χ1n) is 4.73. The maximum atomic E-state index is 2.12. The molecule has 2 aromatic rings. The third kappa shape index (κ3) is 4.00. The number of benzene rings is 2. The SMILES string of the molecule is C(=C\c1ccccc1)/c1ccccc1.[PbH2]. The minimum absolute atomic E-state index is 0. The van der Waals surface area contributed by atoms with Gasteiger partial charge in [0.15, 0.2) is 0 Å². The Morgan fingerprint density at radius 2 is 0.867 bits per heavy atom. The summed E-state index contributed by atoms with van der Waals surface area (Å²) in [5, 5.41) is 0. The van der Waals surface area contributed by atoms with Crippen molar-refractivity contribution >= 4 is 39.5 Å². The second-order valence-electron chi connectivity index (χ2n) is 3.15. The van der Waals surface area contributed by atoms with Crippen LogP contribution in [0.15, 0.2) is 60.7 Å². The number of rotatable bonds is 2. The fraction of sp³-hybridized carbons (Fsp3) is 0. The predicted molar refractivity (Wildman–Crippen MR) is 70.4 cm³/mol.